The molecule has 3 heterocycles. The van der Waals surface area contributed by atoms with Gasteiger partial charge in [-0.3, -0.25) is 0 Å². The number of carbonyl (C=O) groups is 1. The van der Waals surface area contributed by atoms with E-state index in [1.807, 2.05) is 43.3 Å². The number of aryl methyl sites for hydroxylation is 1. The monoisotopic (exact) mass is 333 g/mol. The van der Waals surface area contributed by atoms with Crippen molar-refractivity contribution in [1.82, 2.24) is 15.0 Å². The van der Waals surface area contributed by atoms with Gasteiger partial charge < -0.3 is 14.8 Å². The molecular formula is C19H15N3O3. The number of aromatic nitrogens is 3. The minimum atomic E-state index is -1.01. The van der Waals surface area contributed by atoms with Crippen LogP contribution in [0.15, 0.2) is 42.5 Å². The first-order chi connectivity index (χ1) is 12.1. The average Bonchev–Trinajstić information content (AvgIpc) is 2.98. The van der Waals surface area contributed by atoms with Crippen molar-refractivity contribution in [1.29, 1.82) is 0 Å². The van der Waals surface area contributed by atoms with Gasteiger partial charge in [0.05, 0.1) is 29.4 Å². The standard InChI is InChI=1S/C19H15N3O3/c1-10-3-8-13-16-17(22-18(13)20-10)14(19(23)24)9-15(21-16)11-4-6-12(25-2)7-5-11/h3-9H,1-2H3,(H,20,22)(H,23,24). The minimum Gasteiger partial charge on any atom is -0.497 e. The molecule has 0 radical (unpaired) electrons. The number of rotatable bonds is 3. The molecule has 1 aromatic carbocycles. The molecule has 0 spiro atoms. The number of pyridine rings is 2. The smallest absolute Gasteiger partial charge is 0.337 e. The molecule has 4 aromatic rings. The van der Waals surface area contributed by atoms with E-state index in [1.54, 1.807) is 13.2 Å². The highest BCUT2D eigenvalue weighted by Gasteiger charge is 2.17. The normalized spacial score (nSPS) is 11.1. The molecular weight excluding hydrogens is 318 g/mol. The van der Waals surface area contributed by atoms with Crippen LogP contribution in [0.4, 0.5) is 0 Å². The second kappa shape index (κ2) is 5.59. The Kier molecular flexibility index (Phi) is 3.39. The number of fused-ring (bicyclic) bond motifs is 3. The number of hydrogen-bond acceptors (Lipinski definition) is 4. The Labute approximate surface area is 143 Å². The van der Waals surface area contributed by atoms with Crippen LogP contribution in [0.1, 0.15) is 16.1 Å². The molecule has 0 saturated carbocycles. The van der Waals surface area contributed by atoms with E-state index in [4.69, 9.17) is 4.74 Å². The quantitative estimate of drug-likeness (QED) is 0.595. The van der Waals surface area contributed by atoms with Crippen LogP contribution in [0, 0.1) is 6.92 Å². The lowest BCUT2D eigenvalue weighted by Gasteiger charge is -2.06. The molecule has 124 valence electrons. The molecule has 25 heavy (non-hydrogen) atoms. The summed E-state index contributed by atoms with van der Waals surface area (Å²) >= 11 is 0. The molecule has 4 rings (SSSR count). The molecule has 6 nitrogen and oxygen atoms in total. The van der Waals surface area contributed by atoms with E-state index < -0.39 is 5.97 Å². The summed E-state index contributed by atoms with van der Waals surface area (Å²) in [7, 11) is 1.60. The topological polar surface area (TPSA) is 88.1 Å². The summed E-state index contributed by atoms with van der Waals surface area (Å²) in [5, 5.41) is 10.4. The predicted molar refractivity (Wildman–Crippen MR) is 95.1 cm³/mol. The van der Waals surface area contributed by atoms with Gasteiger partial charge >= 0.3 is 5.97 Å². The van der Waals surface area contributed by atoms with Gasteiger partial charge in [0.2, 0.25) is 0 Å². The lowest BCUT2D eigenvalue weighted by molar-refractivity contribution is 0.0699. The highest BCUT2D eigenvalue weighted by molar-refractivity contribution is 6.11. The van der Waals surface area contributed by atoms with Crippen molar-refractivity contribution in [2.24, 2.45) is 0 Å². The second-order valence-corrected chi connectivity index (χ2v) is 5.79. The first kappa shape index (κ1) is 15.1. The SMILES string of the molecule is COc1ccc(-c2cc(C(=O)O)c3[nH]c4nc(C)ccc4c3n2)cc1. The molecule has 0 aliphatic carbocycles. The molecule has 0 amide bonds. The Morgan fingerprint density at radius 3 is 2.56 bits per heavy atom. The lowest BCUT2D eigenvalue weighted by atomic mass is 10.1. The maximum atomic E-state index is 11.8. The molecule has 2 N–H and O–H groups in total. The van der Waals surface area contributed by atoms with E-state index >= 15 is 0 Å². The van der Waals surface area contributed by atoms with Gasteiger partial charge in [0, 0.05) is 16.6 Å². The fourth-order valence-corrected chi connectivity index (χ4v) is 2.91. The number of carboxylic acid groups (broad SMARTS) is 1. The zero-order chi connectivity index (χ0) is 17.6. The summed E-state index contributed by atoms with van der Waals surface area (Å²) in [5.41, 5.74) is 4.16. The third-order valence-electron chi connectivity index (χ3n) is 4.17. The zero-order valence-corrected chi connectivity index (χ0v) is 13.7. The van der Waals surface area contributed by atoms with Gasteiger partial charge in [-0.2, -0.15) is 0 Å². The van der Waals surface area contributed by atoms with Crippen LogP contribution < -0.4 is 4.74 Å². The van der Waals surface area contributed by atoms with Gasteiger partial charge in [-0.15, -0.1) is 0 Å². The van der Waals surface area contributed by atoms with Crippen LogP contribution in [0.25, 0.3) is 33.3 Å². The van der Waals surface area contributed by atoms with E-state index in [9.17, 15) is 9.90 Å². The van der Waals surface area contributed by atoms with Gasteiger partial charge in [0.15, 0.2) is 0 Å². The van der Waals surface area contributed by atoms with Gasteiger partial charge in [0.1, 0.15) is 11.4 Å². The second-order valence-electron chi connectivity index (χ2n) is 5.79. The Bertz CT molecular complexity index is 1110. The average molecular weight is 333 g/mol. The maximum Gasteiger partial charge on any atom is 0.337 e. The first-order valence-electron chi connectivity index (χ1n) is 7.74. The van der Waals surface area contributed by atoms with Gasteiger partial charge in [-0.25, -0.2) is 14.8 Å². The third-order valence-corrected chi connectivity index (χ3v) is 4.17. The molecule has 0 bridgehead atoms. The van der Waals surface area contributed by atoms with Crippen LogP contribution in [-0.2, 0) is 0 Å². The summed E-state index contributed by atoms with van der Waals surface area (Å²) in [4.78, 5) is 24.0. The van der Waals surface area contributed by atoms with E-state index in [1.165, 1.54) is 0 Å². The molecule has 0 atom stereocenters. The summed E-state index contributed by atoms with van der Waals surface area (Å²) in [5.74, 6) is -0.277. The number of benzene rings is 1. The van der Waals surface area contributed by atoms with Crippen LogP contribution in [-0.4, -0.2) is 33.1 Å². The lowest BCUT2D eigenvalue weighted by Crippen LogP contribution is -2.00. The predicted octanol–water partition coefficient (Wildman–Crippen LogP) is 3.79. The first-order valence-corrected chi connectivity index (χ1v) is 7.74. The number of nitrogens with one attached hydrogen (secondary N) is 1. The van der Waals surface area contributed by atoms with Crippen LogP contribution in [0.5, 0.6) is 5.75 Å². The highest BCUT2D eigenvalue weighted by atomic mass is 16.5. The largest absolute Gasteiger partial charge is 0.497 e. The number of methoxy groups -OCH3 is 1. The molecule has 3 aromatic heterocycles. The number of carboxylic acids is 1. The Morgan fingerprint density at radius 1 is 1.12 bits per heavy atom. The Hall–Kier alpha value is -3.41. The Morgan fingerprint density at radius 2 is 1.88 bits per heavy atom. The zero-order valence-electron chi connectivity index (χ0n) is 13.7. The van der Waals surface area contributed by atoms with Crippen molar-refractivity contribution in [3.8, 4) is 17.0 Å². The van der Waals surface area contributed by atoms with Crippen molar-refractivity contribution in [3.05, 3.63) is 53.7 Å². The number of H-pyrrole nitrogens is 1. The van der Waals surface area contributed by atoms with Crippen molar-refractivity contribution in [3.63, 3.8) is 0 Å². The van der Waals surface area contributed by atoms with Gasteiger partial charge in [-0.1, -0.05) is 0 Å². The van der Waals surface area contributed by atoms with Gasteiger partial charge in [-0.05, 0) is 49.4 Å². The molecule has 0 unspecified atom stereocenters. The van der Waals surface area contributed by atoms with E-state index in [0.29, 0.717) is 22.4 Å². The summed E-state index contributed by atoms with van der Waals surface area (Å²) in [6, 6.07) is 12.7. The highest BCUT2D eigenvalue weighted by Crippen LogP contribution is 2.30. The van der Waals surface area contributed by atoms with E-state index in [0.717, 1.165) is 22.4 Å². The van der Waals surface area contributed by atoms with Crippen molar-refractivity contribution in [2.45, 2.75) is 6.92 Å². The number of aromatic amines is 1. The number of hydrogen-bond donors (Lipinski definition) is 2. The van der Waals surface area contributed by atoms with Crippen LogP contribution >= 0.6 is 0 Å². The minimum absolute atomic E-state index is 0.173. The molecule has 0 aliphatic heterocycles. The number of nitrogens with zero attached hydrogens (tertiary/aromatic N) is 2. The van der Waals surface area contributed by atoms with E-state index in [2.05, 4.69) is 15.0 Å². The van der Waals surface area contributed by atoms with Crippen LogP contribution in [0.3, 0.4) is 0 Å². The third kappa shape index (κ3) is 2.48. The molecule has 0 saturated heterocycles. The van der Waals surface area contributed by atoms with Crippen molar-refractivity contribution < 1.29 is 14.6 Å². The van der Waals surface area contributed by atoms with Crippen molar-refractivity contribution >= 4 is 28.0 Å². The summed E-state index contributed by atoms with van der Waals surface area (Å²) < 4.78 is 5.17. The number of aromatic carboxylic acids is 1. The van der Waals surface area contributed by atoms with Gasteiger partial charge in [0.25, 0.3) is 0 Å². The molecule has 6 heteroatoms. The fraction of sp³-hybridized carbons (Fsp3) is 0.105. The Balaban J connectivity index is 2.02. The number of ether oxygens (including phenoxy) is 1. The maximum absolute atomic E-state index is 11.8. The molecule has 0 aliphatic rings. The van der Waals surface area contributed by atoms with E-state index in [-0.39, 0.29) is 5.56 Å². The summed E-state index contributed by atoms with van der Waals surface area (Å²) in [6.07, 6.45) is 0. The van der Waals surface area contributed by atoms with Crippen LogP contribution in [0.2, 0.25) is 0 Å². The van der Waals surface area contributed by atoms with Crippen molar-refractivity contribution in [2.75, 3.05) is 7.11 Å². The fourth-order valence-electron chi connectivity index (χ4n) is 2.91. The summed E-state index contributed by atoms with van der Waals surface area (Å²) in [6.45, 7) is 1.89. The molecule has 0 fully saturated rings.